The molecular formula is C10H20O3S. The van der Waals surface area contributed by atoms with Crippen LogP contribution >= 0.6 is 12.6 Å². The number of unbranched alkanes of at least 4 members (excludes halogenated alkanes) is 4. The Hall–Kier alpha value is -0.220. The first-order chi connectivity index (χ1) is 6.81. The summed E-state index contributed by atoms with van der Waals surface area (Å²) in [4.78, 5) is 10.7. The Morgan fingerprint density at radius 1 is 1.07 bits per heavy atom. The Morgan fingerprint density at radius 2 is 1.64 bits per heavy atom. The highest BCUT2D eigenvalue weighted by Gasteiger charge is 1.97. The van der Waals surface area contributed by atoms with Gasteiger partial charge in [0, 0.05) is 13.7 Å². The Balaban J connectivity index is 2.95. The Morgan fingerprint density at radius 3 is 2.21 bits per heavy atom. The molecule has 84 valence electrons. The fraction of sp³-hybridized carbons (Fsp3) is 0.900. The molecule has 0 aliphatic carbocycles. The van der Waals surface area contributed by atoms with Crippen molar-refractivity contribution in [1.82, 2.24) is 0 Å². The molecule has 0 spiro atoms. The highest BCUT2D eigenvalue weighted by Crippen LogP contribution is 2.03. The van der Waals surface area contributed by atoms with E-state index in [1.54, 1.807) is 7.11 Å². The predicted molar refractivity (Wildman–Crippen MR) is 59.8 cm³/mol. The third-order valence-corrected chi connectivity index (χ3v) is 2.14. The van der Waals surface area contributed by atoms with Crippen LogP contribution in [0.15, 0.2) is 0 Å². The van der Waals surface area contributed by atoms with Crippen LogP contribution in [0.4, 0.5) is 0 Å². The smallest absolute Gasteiger partial charge is 0.315 e. The quantitative estimate of drug-likeness (QED) is 0.367. The average molecular weight is 220 g/mol. The number of esters is 1. The molecule has 0 rings (SSSR count). The molecule has 0 saturated heterocycles. The lowest BCUT2D eigenvalue weighted by molar-refractivity contribution is -0.140. The third kappa shape index (κ3) is 9.86. The number of methoxy groups -OCH3 is 1. The first-order valence-electron chi connectivity index (χ1n) is 5.06. The maximum atomic E-state index is 10.7. The van der Waals surface area contributed by atoms with E-state index in [0.717, 1.165) is 25.9 Å². The van der Waals surface area contributed by atoms with Gasteiger partial charge in [-0.05, 0) is 12.8 Å². The van der Waals surface area contributed by atoms with Gasteiger partial charge < -0.3 is 9.47 Å². The van der Waals surface area contributed by atoms with Crippen LogP contribution in [-0.4, -0.2) is 32.0 Å². The molecule has 0 amide bonds. The molecule has 0 bridgehead atoms. The van der Waals surface area contributed by atoms with E-state index < -0.39 is 0 Å². The fourth-order valence-electron chi connectivity index (χ4n) is 1.11. The second-order valence-corrected chi connectivity index (χ2v) is 3.46. The van der Waals surface area contributed by atoms with Gasteiger partial charge in [-0.15, -0.1) is 0 Å². The van der Waals surface area contributed by atoms with Crippen molar-refractivity contribution < 1.29 is 14.3 Å². The predicted octanol–water partition coefficient (Wildman–Crippen LogP) is 2.06. The van der Waals surface area contributed by atoms with E-state index in [9.17, 15) is 4.79 Å². The van der Waals surface area contributed by atoms with Crippen molar-refractivity contribution in [3.63, 3.8) is 0 Å². The highest BCUT2D eigenvalue weighted by molar-refractivity contribution is 7.81. The zero-order valence-corrected chi connectivity index (χ0v) is 9.72. The number of carbonyl (C=O) groups is 1. The lowest BCUT2D eigenvalue weighted by Crippen LogP contribution is -2.06. The Kier molecular flexibility index (Phi) is 10.7. The summed E-state index contributed by atoms with van der Waals surface area (Å²) in [6.07, 6.45) is 5.55. The first kappa shape index (κ1) is 13.8. The Labute approximate surface area is 91.6 Å². The second kappa shape index (κ2) is 10.9. The van der Waals surface area contributed by atoms with Crippen molar-refractivity contribution in [2.45, 2.75) is 32.1 Å². The summed E-state index contributed by atoms with van der Waals surface area (Å²) in [6.45, 7) is 1.37. The fourth-order valence-corrected chi connectivity index (χ4v) is 1.20. The summed E-state index contributed by atoms with van der Waals surface area (Å²) in [6, 6.07) is 0. The number of hydrogen-bond acceptors (Lipinski definition) is 4. The molecule has 0 atom stereocenters. The largest absolute Gasteiger partial charge is 0.465 e. The van der Waals surface area contributed by atoms with Gasteiger partial charge in [0.2, 0.25) is 0 Å². The third-order valence-electron chi connectivity index (χ3n) is 1.88. The summed E-state index contributed by atoms with van der Waals surface area (Å²) in [7, 11) is 1.72. The van der Waals surface area contributed by atoms with Crippen molar-refractivity contribution >= 4 is 18.6 Å². The molecule has 0 aromatic carbocycles. The average Bonchev–Trinajstić information content (AvgIpc) is 2.21. The molecule has 0 aromatic heterocycles. The topological polar surface area (TPSA) is 35.5 Å². The van der Waals surface area contributed by atoms with Crippen LogP contribution < -0.4 is 0 Å². The zero-order valence-electron chi connectivity index (χ0n) is 8.83. The molecule has 0 fully saturated rings. The van der Waals surface area contributed by atoms with E-state index in [0.29, 0.717) is 6.61 Å². The Bertz CT molecular complexity index is 139. The molecule has 0 N–H and O–H groups in total. The van der Waals surface area contributed by atoms with Gasteiger partial charge in [-0.2, -0.15) is 12.6 Å². The molecule has 0 saturated carbocycles. The van der Waals surface area contributed by atoms with Crippen molar-refractivity contribution in [3.8, 4) is 0 Å². The minimum Gasteiger partial charge on any atom is -0.465 e. The van der Waals surface area contributed by atoms with Crippen LogP contribution in [0, 0.1) is 0 Å². The van der Waals surface area contributed by atoms with E-state index in [1.807, 2.05) is 0 Å². The van der Waals surface area contributed by atoms with Crippen LogP contribution in [0.3, 0.4) is 0 Å². The summed E-state index contributed by atoms with van der Waals surface area (Å²) in [5, 5.41) is 0. The van der Waals surface area contributed by atoms with Gasteiger partial charge >= 0.3 is 5.97 Å². The molecule has 0 aromatic rings. The van der Waals surface area contributed by atoms with Crippen LogP contribution in [0.5, 0.6) is 0 Å². The molecule has 0 aliphatic rings. The second-order valence-electron chi connectivity index (χ2n) is 3.14. The monoisotopic (exact) mass is 220 g/mol. The van der Waals surface area contributed by atoms with E-state index in [-0.39, 0.29) is 11.7 Å². The maximum absolute atomic E-state index is 10.7. The SMILES string of the molecule is COCCCCCCCOC(=O)CS. The van der Waals surface area contributed by atoms with Crippen molar-refractivity contribution in [1.29, 1.82) is 0 Å². The van der Waals surface area contributed by atoms with Crippen LogP contribution in [0.1, 0.15) is 32.1 Å². The van der Waals surface area contributed by atoms with Gasteiger partial charge in [-0.25, -0.2) is 0 Å². The summed E-state index contributed by atoms with van der Waals surface area (Å²) >= 11 is 3.81. The van der Waals surface area contributed by atoms with E-state index >= 15 is 0 Å². The maximum Gasteiger partial charge on any atom is 0.315 e. The lowest BCUT2D eigenvalue weighted by atomic mass is 10.1. The molecule has 0 aliphatic heterocycles. The van der Waals surface area contributed by atoms with Gasteiger partial charge in [-0.1, -0.05) is 19.3 Å². The van der Waals surface area contributed by atoms with Crippen molar-refractivity contribution in [2.75, 3.05) is 26.1 Å². The molecule has 14 heavy (non-hydrogen) atoms. The standard InChI is InChI=1S/C10H20O3S/c1-12-7-5-3-2-4-6-8-13-10(11)9-14/h14H,2-9H2,1H3. The van der Waals surface area contributed by atoms with Crippen LogP contribution in [0.2, 0.25) is 0 Å². The summed E-state index contributed by atoms with van der Waals surface area (Å²) in [5.41, 5.74) is 0. The number of carbonyl (C=O) groups excluding carboxylic acids is 1. The molecule has 0 unspecified atom stereocenters. The minimum atomic E-state index is -0.229. The highest BCUT2D eigenvalue weighted by atomic mass is 32.1. The number of thiol groups is 1. The minimum absolute atomic E-state index is 0.174. The number of hydrogen-bond donors (Lipinski definition) is 1. The molecule has 0 heterocycles. The van der Waals surface area contributed by atoms with Crippen molar-refractivity contribution in [2.24, 2.45) is 0 Å². The van der Waals surface area contributed by atoms with E-state index in [1.165, 1.54) is 12.8 Å². The number of rotatable bonds is 9. The normalized spacial score (nSPS) is 10.1. The van der Waals surface area contributed by atoms with Gasteiger partial charge in [0.05, 0.1) is 12.4 Å². The van der Waals surface area contributed by atoms with Gasteiger partial charge in [0.25, 0.3) is 0 Å². The van der Waals surface area contributed by atoms with E-state index in [2.05, 4.69) is 12.6 Å². The molecule has 0 radical (unpaired) electrons. The summed E-state index contributed by atoms with van der Waals surface area (Å²) < 4.78 is 9.82. The molecule has 4 heteroatoms. The van der Waals surface area contributed by atoms with Gasteiger partial charge in [0.1, 0.15) is 0 Å². The lowest BCUT2D eigenvalue weighted by Gasteiger charge is -2.02. The van der Waals surface area contributed by atoms with E-state index in [4.69, 9.17) is 9.47 Å². The zero-order chi connectivity index (χ0) is 10.6. The first-order valence-corrected chi connectivity index (χ1v) is 5.70. The van der Waals surface area contributed by atoms with Gasteiger partial charge in [0.15, 0.2) is 0 Å². The van der Waals surface area contributed by atoms with Gasteiger partial charge in [-0.3, -0.25) is 4.79 Å². The molecular weight excluding hydrogens is 200 g/mol. The number of ether oxygens (including phenoxy) is 2. The van der Waals surface area contributed by atoms with Crippen LogP contribution in [0.25, 0.3) is 0 Å². The van der Waals surface area contributed by atoms with Crippen LogP contribution in [-0.2, 0) is 14.3 Å². The molecule has 3 nitrogen and oxygen atoms in total. The summed E-state index contributed by atoms with van der Waals surface area (Å²) in [5.74, 6) is -0.0545. The van der Waals surface area contributed by atoms with Crippen molar-refractivity contribution in [3.05, 3.63) is 0 Å².